The minimum Gasteiger partial charge on any atom is -0.760 e. The van der Waals surface area contributed by atoms with Crippen molar-refractivity contribution in [2.45, 2.75) is 25.0 Å². The van der Waals surface area contributed by atoms with Crippen LogP contribution < -0.4 is 10.0 Å². The number of carbonyl (C=O) groups is 1. The van der Waals surface area contributed by atoms with E-state index in [-0.39, 0.29) is 36.1 Å². The van der Waals surface area contributed by atoms with E-state index in [0.717, 1.165) is 12.1 Å². The molecule has 0 spiro atoms. The zero-order valence-electron chi connectivity index (χ0n) is 13.4. The average Bonchev–Trinajstić information content (AvgIpc) is 3.04. The number of carbonyl (C=O) groups excluding carboxylic acids is 1. The third-order valence-electron chi connectivity index (χ3n) is 4.05. The molecule has 0 amide bonds. The Kier molecular flexibility index (Phi) is 5.64. The molecule has 10 heteroatoms. The molecule has 3 atom stereocenters. The molecule has 0 saturated carbocycles. The number of aryl methyl sites for hydroxylation is 1. The number of rotatable bonds is 7. The van der Waals surface area contributed by atoms with Crippen molar-refractivity contribution in [2.24, 2.45) is 9.98 Å². The molecule has 0 bridgehead atoms. The highest BCUT2D eigenvalue weighted by Crippen LogP contribution is 2.26. The van der Waals surface area contributed by atoms with Crippen molar-refractivity contribution < 1.29 is 22.3 Å². The van der Waals surface area contributed by atoms with E-state index in [4.69, 9.17) is 0 Å². The summed E-state index contributed by atoms with van der Waals surface area (Å²) < 4.78 is 51.6. The second-order valence-corrected chi connectivity index (χ2v) is 6.50. The summed E-state index contributed by atoms with van der Waals surface area (Å²) in [4.78, 5) is 21.0. The van der Waals surface area contributed by atoms with Crippen molar-refractivity contribution in [3.05, 3.63) is 46.7 Å². The number of benzene rings is 1. The van der Waals surface area contributed by atoms with Crippen molar-refractivity contribution in [3.63, 3.8) is 0 Å². The minimum absolute atomic E-state index is 0.0140. The molecule has 1 aromatic rings. The number of halogens is 2. The number of ketones is 1. The monoisotopic (exact) mass is 381 g/mol. The van der Waals surface area contributed by atoms with E-state index in [0.29, 0.717) is 0 Å². The molecule has 2 aliphatic heterocycles. The zero-order valence-corrected chi connectivity index (χ0v) is 14.3. The van der Waals surface area contributed by atoms with Gasteiger partial charge in [0, 0.05) is 42.0 Å². The number of Topliss-reactive ketones (excluding diaryl/α,β-unsaturated/α-hetero) is 1. The first kappa shape index (κ1) is 18.5. The first-order valence-corrected chi connectivity index (χ1v) is 8.91. The van der Waals surface area contributed by atoms with Gasteiger partial charge in [-0.3, -0.25) is 19.0 Å². The second-order valence-electron chi connectivity index (χ2n) is 5.74. The van der Waals surface area contributed by atoms with Crippen molar-refractivity contribution >= 4 is 29.5 Å². The molecule has 2 aliphatic rings. The fraction of sp³-hybridized carbons (Fsp3) is 0.312. The lowest BCUT2D eigenvalue weighted by atomic mass is 9.95. The molecule has 0 saturated heterocycles. The molecule has 3 unspecified atom stereocenters. The normalized spacial score (nSPS) is 21.9. The van der Waals surface area contributed by atoms with E-state index in [1.807, 2.05) is 0 Å². The number of hydrogen-bond donors (Lipinski definition) is 2. The Labute approximate surface area is 150 Å². The van der Waals surface area contributed by atoms with Gasteiger partial charge in [0.1, 0.15) is 23.8 Å². The van der Waals surface area contributed by atoms with Gasteiger partial charge in [-0.25, -0.2) is 13.5 Å². The topological polar surface area (TPSA) is 106 Å². The highest BCUT2D eigenvalue weighted by atomic mass is 32.2. The standard InChI is InChI=1S/C16H16F2N4O3S/c17-10-6-9(2-1-3-22-26(24)25)13(18)11(7-10)15(23)12-8-21-16-14(12)19-4-5-20-16/h4-8,14,16,21-22H,1-3H2,(H,24,25)/p-1. The SMILES string of the molecule is O=C(C1=CNC2N=CC=NC12)c1cc(F)cc(CCCNS(=O)[O-])c1F. The van der Waals surface area contributed by atoms with Crippen LogP contribution in [0.2, 0.25) is 0 Å². The van der Waals surface area contributed by atoms with E-state index in [1.165, 1.54) is 18.6 Å². The Morgan fingerprint density at radius 3 is 2.85 bits per heavy atom. The maximum Gasteiger partial charge on any atom is 0.195 e. The summed E-state index contributed by atoms with van der Waals surface area (Å²) >= 11 is -2.41. The fourth-order valence-electron chi connectivity index (χ4n) is 2.85. The third kappa shape index (κ3) is 3.92. The number of nitrogens with one attached hydrogen (secondary N) is 2. The lowest BCUT2D eigenvalue weighted by Gasteiger charge is -2.17. The number of nitrogens with zero attached hydrogens (tertiary/aromatic N) is 2. The van der Waals surface area contributed by atoms with Gasteiger partial charge in [-0.05, 0) is 30.5 Å². The van der Waals surface area contributed by atoms with Gasteiger partial charge in [0.05, 0.1) is 5.56 Å². The molecular formula is C16H15F2N4O3S-. The molecule has 0 aliphatic carbocycles. The van der Waals surface area contributed by atoms with E-state index in [1.54, 1.807) is 0 Å². The van der Waals surface area contributed by atoms with Crippen LogP contribution in [0.25, 0.3) is 0 Å². The van der Waals surface area contributed by atoms with Gasteiger partial charge in [0.2, 0.25) is 0 Å². The predicted octanol–water partition coefficient (Wildman–Crippen LogP) is 0.801. The van der Waals surface area contributed by atoms with Crippen LogP contribution in [0, 0.1) is 11.6 Å². The number of hydrogen-bond acceptors (Lipinski definition) is 6. The third-order valence-corrected chi connectivity index (χ3v) is 4.49. The van der Waals surface area contributed by atoms with Gasteiger partial charge in [-0.1, -0.05) is 0 Å². The van der Waals surface area contributed by atoms with Gasteiger partial charge >= 0.3 is 0 Å². The van der Waals surface area contributed by atoms with Gasteiger partial charge in [0.15, 0.2) is 5.78 Å². The summed E-state index contributed by atoms with van der Waals surface area (Å²) in [6.07, 6.45) is 4.30. The highest BCUT2D eigenvalue weighted by molar-refractivity contribution is 7.77. The predicted molar refractivity (Wildman–Crippen MR) is 91.7 cm³/mol. The van der Waals surface area contributed by atoms with Crippen molar-refractivity contribution in [1.29, 1.82) is 0 Å². The fourth-order valence-corrected chi connectivity index (χ4v) is 3.16. The zero-order chi connectivity index (χ0) is 18.7. The first-order chi connectivity index (χ1) is 12.5. The van der Waals surface area contributed by atoms with E-state index in [9.17, 15) is 22.3 Å². The summed E-state index contributed by atoms with van der Waals surface area (Å²) in [7, 11) is 0. The van der Waals surface area contributed by atoms with Crippen LogP contribution in [-0.2, 0) is 17.7 Å². The lowest BCUT2D eigenvalue weighted by molar-refractivity contribution is 0.102. The van der Waals surface area contributed by atoms with Crippen LogP contribution in [0.15, 0.2) is 33.9 Å². The van der Waals surface area contributed by atoms with E-state index >= 15 is 0 Å². The molecule has 2 heterocycles. The van der Waals surface area contributed by atoms with Gasteiger partial charge in [0.25, 0.3) is 0 Å². The smallest absolute Gasteiger partial charge is 0.195 e. The van der Waals surface area contributed by atoms with Crippen molar-refractivity contribution in [3.8, 4) is 0 Å². The van der Waals surface area contributed by atoms with Crippen LogP contribution in [0.4, 0.5) is 8.78 Å². The van der Waals surface area contributed by atoms with Crippen molar-refractivity contribution in [1.82, 2.24) is 10.0 Å². The largest absolute Gasteiger partial charge is 0.760 e. The Balaban J connectivity index is 1.79. The molecule has 2 N–H and O–H groups in total. The van der Waals surface area contributed by atoms with E-state index in [2.05, 4.69) is 20.0 Å². The van der Waals surface area contributed by atoms with Crippen LogP contribution in [0.3, 0.4) is 0 Å². The molecule has 0 fully saturated rings. The molecular weight excluding hydrogens is 366 g/mol. The highest BCUT2D eigenvalue weighted by Gasteiger charge is 2.35. The van der Waals surface area contributed by atoms with Crippen molar-refractivity contribution in [2.75, 3.05) is 6.54 Å². The number of aliphatic imine (C=N–C) groups is 2. The van der Waals surface area contributed by atoms with Gasteiger partial charge < -0.3 is 9.87 Å². The molecule has 0 radical (unpaired) electrons. The Morgan fingerprint density at radius 1 is 1.31 bits per heavy atom. The maximum atomic E-state index is 14.7. The van der Waals surface area contributed by atoms with Crippen LogP contribution in [-0.4, -0.2) is 45.7 Å². The van der Waals surface area contributed by atoms with Crippen LogP contribution >= 0.6 is 0 Å². The molecule has 138 valence electrons. The van der Waals surface area contributed by atoms with Gasteiger partial charge in [-0.2, -0.15) is 0 Å². The minimum atomic E-state index is -2.41. The Hall–Kier alpha value is -2.30. The Bertz CT molecular complexity index is 841. The first-order valence-electron chi connectivity index (χ1n) is 7.84. The molecule has 0 aromatic heterocycles. The molecule has 7 nitrogen and oxygen atoms in total. The summed E-state index contributed by atoms with van der Waals surface area (Å²) in [5.41, 5.74) is -0.152. The molecule has 26 heavy (non-hydrogen) atoms. The quantitative estimate of drug-likeness (QED) is 0.414. The summed E-state index contributed by atoms with van der Waals surface area (Å²) in [5.74, 6) is -2.21. The maximum absolute atomic E-state index is 14.7. The summed E-state index contributed by atoms with van der Waals surface area (Å²) in [5, 5.41) is 2.88. The van der Waals surface area contributed by atoms with Crippen LogP contribution in [0.5, 0.6) is 0 Å². The average molecular weight is 381 g/mol. The number of fused-ring (bicyclic) bond motifs is 1. The summed E-state index contributed by atoms with van der Waals surface area (Å²) in [6.45, 7) is 0.0842. The van der Waals surface area contributed by atoms with Gasteiger partial charge in [-0.15, -0.1) is 0 Å². The van der Waals surface area contributed by atoms with Crippen LogP contribution in [0.1, 0.15) is 22.3 Å². The second kappa shape index (κ2) is 7.94. The molecule has 3 rings (SSSR count). The summed E-state index contributed by atoms with van der Waals surface area (Å²) in [6, 6.07) is 1.29. The Morgan fingerprint density at radius 2 is 2.08 bits per heavy atom. The molecule has 1 aromatic carbocycles. The lowest BCUT2D eigenvalue weighted by Crippen LogP contribution is -2.32. The van der Waals surface area contributed by atoms with E-state index < -0.39 is 40.9 Å².